The lowest BCUT2D eigenvalue weighted by Gasteiger charge is -2.13. The highest BCUT2D eigenvalue weighted by Crippen LogP contribution is 2.39. The van der Waals surface area contributed by atoms with E-state index in [4.69, 9.17) is 0 Å². The number of nitrogens with one attached hydrogen (secondary N) is 1. The highest BCUT2D eigenvalue weighted by atomic mass is 19.4. The van der Waals surface area contributed by atoms with Crippen molar-refractivity contribution < 1.29 is 18.0 Å². The van der Waals surface area contributed by atoms with Crippen molar-refractivity contribution in [3.63, 3.8) is 0 Å². The number of fused-ring (bicyclic) bond motifs is 1. The van der Waals surface area contributed by atoms with Crippen LogP contribution in [0.15, 0.2) is 30.6 Å². The van der Waals surface area contributed by atoms with Crippen molar-refractivity contribution in [2.24, 2.45) is 7.05 Å². The first-order valence-corrected chi connectivity index (χ1v) is 9.76. The molecule has 0 radical (unpaired) electrons. The molecule has 2 aliphatic carbocycles. The quantitative estimate of drug-likeness (QED) is 0.708. The molecule has 10 heteroatoms. The first kappa shape index (κ1) is 18.8. The summed E-state index contributed by atoms with van der Waals surface area (Å²) in [6.07, 6.45) is 2.71. The van der Waals surface area contributed by atoms with Crippen molar-refractivity contribution >= 4 is 5.91 Å². The largest absolute Gasteiger partial charge is 0.435 e. The molecule has 0 aromatic carbocycles. The summed E-state index contributed by atoms with van der Waals surface area (Å²) in [4.78, 5) is 17.0. The van der Waals surface area contributed by atoms with Crippen LogP contribution < -0.4 is 5.32 Å². The molecule has 3 aromatic rings. The number of nitrogens with zero attached hydrogens (tertiary/aromatic N) is 5. The van der Waals surface area contributed by atoms with Gasteiger partial charge in [-0.25, -0.2) is 4.68 Å². The Labute approximate surface area is 169 Å². The van der Waals surface area contributed by atoms with E-state index in [9.17, 15) is 18.0 Å². The molecule has 1 fully saturated rings. The van der Waals surface area contributed by atoms with Crippen LogP contribution in [-0.4, -0.2) is 30.5 Å². The van der Waals surface area contributed by atoms with Crippen molar-refractivity contribution in [3.8, 4) is 5.69 Å². The number of halogens is 3. The van der Waals surface area contributed by atoms with Crippen LogP contribution in [0.1, 0.15) is 64.4 Å². The van der Waals surface area contributed by atoms with Crippen LogP contribution in [0.4, 0.5) is 13.2 Å². The van der Waals surface area contributed by atoms with Gasteiger partial charge in [0, 0.05) is 42.7 Å². The van der Waals surface area contributed by atoms with Crippen LogP contribution in [0, 0.1) is 0 Å². The van der Waals surface area contributed by atoms with E-state index < -0.39 is 17.8 Å². The molecule has 3 heterocycles. The van der Waals surface area contributed by atoms with Crippen LogP contribution in [0.2, 0.25) is 0 Å². The summed E-state index contributed by atoms with van der Waals surface area (Å²) in [5.41, 5.74) is 2.51. The van der Waals surface area contributed by atoms with E-state index in [0.717, 1.165) is 46.2 Å². The molecule has 7 nitrogen and oxygen atoms in total. The van der Waals surface area contributed by atoms with Gasteiger partial charge in [-0.15, -0.1) is 0 Å². The number of alkyl halides is 3. The maximum absolute atomic E-state index is 12.9. The predicted octanol–water partition coefficient (Wildman–Crippen LogP) is 3.31. The van der Waals surface area contributed by atoms with E-state index in [2.05, 4.69) is 20.5 Å². The summed E-state index contributed by atoms with van der Waals surface area (Å²) < 4.78 is 41.3. The summed E-state index contributed by atoms with van der Waals surface area (Å²) in [7, 11) is 1.32. The third-order valence-electron chi connectivity index (χ3n) is 5.60. The van der Waals surface area contributed by atoms with Gasteiger partial charge in [0.25, 0.3) is 5.91 Å². The lowest BCUT2D eigenvalue weighted by atomic mass is 10.2. The topological polar surface area (TPSA) is 77.6 Å². The molecule has 1 atom stereocenters. The van der Waals surface area contributed by atoms with Crippen molar-refractivity contribution in [1.29, 1.82) is 0 Å². The van der Waals surface area contributed by atoms with E-state index in [1.54, 1.807) is 10.9 Å². The van der Waals surface area contributed by atoms with Crippen molar-refractivity contribution in [3.05, 3.63) is 58.9 Å². The van der Waals surface area contributed by atoms with E-state index >= 15 is 0 Å². The summed E-state index contributed by atoms with van der Waals surface area (Å²) in [5.74, 6) is -0.0640. The second kappa shape index (κ2) is 6.68. The maximum Gasteiger partial charge on any atom is 0.435 e. The number of carbonyl (C=O) groups excluding carboxylic acids is 1. The molecule has 1 saturated carbocycles. The van der Waals surface area contributed by atoms with E-state index in [0.29, 0.717) is 18.8 Å². The second-order valence-corrected chi connectivity index (χ2v) is 7.79. The molecule has 5 rings (SSSR count). The molecule has 0 spiro atoms. The van der Waals surface area contributed by atoms with Gasteiger partial charge in [-0.1, -0.05) is 0 Å². The Morgan fingerprint density at radius 1 is 1.20 bits per heavy atom. The van der Waals surface area contributed by atoms with Crippen molar-refractivity contribution in [2.45, 2.75) is 43.8 Å². The summed E-state index contributed by atoms with van der Waals surface area (Å²) in [5, 5.41) is 10.9. The minimum Gasteiger partial charge on any atom is -0.344 e. The lowest BCUT2D eigenvalue weighted by Crippen LogP contribution is -2.28. The zero-order valence-electron chi connectivity index (χ0n) is 16.1. The number of hydrogen-bond donors (Lipinski definition) is 1. The van der Waals surface area contributed by atoms with Gasteiger partial charge < -0.3 is 5.32 Å². The van der Waals surface area contributed by atoms with Gasteiger partial charge >= 0.3 is 6.18 Å². The number of aromatic nitrogens is 5. The van der Waals surface area contributed by atoms with Gasteiger partial charge in [-0.2, -0.15) is 23.4 Å². The molecule has 1 N–H and O–H groups in total. The van der Waals surface area contributed by atoms with Gasteiger partial charge in [0.05, 0.1) is 17.4 Å². The van der Waals surface area contributed by atoms with Crippen LogP contribution in [0.5, 0.6) is 0 Å². The predicted molar refractivity (Wildman–Crippen MR) is 100 cm³/mol. The standard InChI is InChI=1S/C20H19F3N6O/c1-28-17(9-18(27-28)20(21,22)23)19(30)25-14-4-5-15-13(14)10-29(26-15)12-6-7-24-16(8-12)11-2-3-11/h6-11,14H,2-5H2,1H3,(H,25,30)/t14-/m1/s1. The minimum absolute atomic E-state index is 0.133. The number of pyridine rings is 1. The maximum atomic E-state index is 12.9. The number of aryl methyl sites for hydroxylation is 2. The molecule has 156 valence electrons. The summed E-state index contributed by atoms with van der Waals surface area (Å²) in [6.45, 7) is 0. The normalized spacial score (nSPS) is 18.5. The molecule has 0 saturated heterocycles. The average Bonchev–Trinajstić information content (AvgIpc) is 3.17. The number of amides is 1. The third-order valence-corrected chi connectivity index (χ3v) is 5.60. The zero-order chi connectivity index (χ0) is 21.0. The molecule has 2 aliphatic rings. The highest BCUT2D eigenvalue weighted by Gasteiger charge is 2.36. The fourth-order valence-corrected chi connectivity index (χ4v) is 3.86. The van der Waals surface area contributed by atoms with Gasteiger partial charge in [0.2, 0.25) is 0 Å². The first-order valence-electron chi connectivity index (χ1n) is 9.76. The molecule has 1 amide bonds. The van der Waals surface area contributed by atoms with Crippen molar-refractivity contribution in [2.75, 3.05) is 0 Å². The monoisotopic (exact) mass is 416 g/mol. The minimum atomic E-state index is -4.60. The Balaban J connectivity index is 1.36. The zero-order valence-corrected chi connectivity index (χ0v) is 16.1. The fourth-order valence-electron chi connectivity index (χ4n) is 3.86. The molecule has 3 aromatic heterocycles. The lowest BCUT2D eigenvalue weighted by molar-refractivity contribution is -0.141. The summed E-state index contributed by atoms with van der Waals surface area (Å²) >= 11 is 0. The molecule has 30 heavy (non-hydrogen) atoms. The second-order valence-electron chi connectivity index (χ2n) is 7.79. The van der Waals surface area contributed by atoms with Crippen LogP contribution in [-0.2, 0) is 19.6 Å². The molecule has 0 aliphatic heterocycles. The first-order chi connectivity index (χ1) is 14.3. The van der Waals surface area contributed by atoms with Gasteiger partial charge in [-0.05, 0) is 37.8 Å². The summed E-state index contributed by atoms with van der Waals surface area (Å²) in [6, 6.07) is 4.37. The molecule has 0 bridgehead atoms. The van der Waals surface area contributed by atoms with Crippen LogP contribution in [0.3, 0.4) is 0 Å². The SMILES string of the molecule is Cn1nc(C(F)(F)F)cc1C(=O)N[C@@H]1CCc2nn(-c3ccnc(C4CC4)c3)cc21. The average molecular weight is 416 g/mol. The van der Waals surface area contributed by atoms with E-state index in [-0.39, 0.29) is 11.7 Å². The van der Waals surface area contributed by atoms with E-state index in [1.807, 2.05) is 18.3 Å². The Hall–Kier alpha value is -3.17. The third kappa shape index (κ3) is 3.35. The van der Waals surface area contributed by atoms with Gasteiger partial charge in [0.15, 0.2) is 5.69 Å². The Kier molecular flexibility index (Phi) is 4.19. The van der Waals surface area contributed by atoms with Gasteiger partial charge in [-0.3, -0.25) is 14.5 Å². The van der Waals surface area contributed by atoms with Gasteiger partial charge in [0.1, 0.15) is 5.69 Å². The number of rotatable bonds is 4. The fraction of sp³-hybridized carbons (Fsp3) is 0.400. The van der Waals surface area contributed by atoms with Crippen molar-refractivity contribution in [1.82, 2.24) is 29.9 Å². The highest BCUT2D eigenvalue weighted by molar-refractivity contribution is 5.93. The number of carbonyl (C=O) groups is 1. The molecule has 0 unspecified atom stereocenters. The number of hydrogen-bond acceptors (Lipinski definition) is 4. The van der Waals surface area contributed by atoms with E-state index in [1.165, 1.54) is 7.05 Å². The Morgan fingerprint density at radius 2 is 2.00 bits per heavy atom. The Bertz CT molecular complexity index is 1130. The smallest absolute Gasteiger partial charge is 0.344 e. The molecular formula is C20H19F3N6O. The Morgan fingerprint density at radius 3 is 2.70 bits per heavy atom. The van der Waals surface area contributed by atoms with Crippen LogP contribution in [0.25, 0.3) is 5.69 Å². The van der Waals surface area contributed by atoms with Crippen LogP contribution >= 0.6 is 0 Å². The molecular weight excluding hydrogens is 397 g/mol.